The summed E-state index contributed by atoms with van der Waals surface area (Å²) in [6, 6.07) is 4.36. The second kappa shape index (κ2) is 2.85. The summed E-state index contributed by atoms with van der Waals surface area (Å²) in [5, 5.41) is 3.17. The summed E-state index contributed by atoms with van der Waals surface area (Å²) in [4.78, 5) is 0. The second-order valence-corrected chi connectivity index (χ2v) is 3.56. The molecule has 1 saturated heterocycles. The molecule has 14 heavy (non-hydrogen) atoms. The van der Waals surface area contributed by atoms with Crippen molar-refractivity contribution >= 4 is 0 Å². The molecule has 0 aromatic heterocycles. The maximum atomic E-state index is 12.9. The summed E-state index contributed by atoms with van der Waals surface area (Å²) in [7, 11) is 0. The zero-order valence-electron chi connectivity index (χ0n) is 7.50. The third-order valence-electron chi connectivity index (χ3n) is 2.57. The molecule has 2 heterocycles. The Balaban J connectivity index is 1.97. The molecule has 2 aliphatic rings. The number of nitrogens with one attached hydrogen (secondary N) is 1. The molecule has 0 saturated carbocycles. The summed E-state index contributed by atoms with van der Waals surface area (Å²) in [6.07, 6.45) is 0.0808. The number of rotatable bonds is 0. The summed E-state index contributed by atoms with van der Waals surface area (Å²) in [5.74, 6) is 0.850. The van der Waals surface area contributed by atoms with Crippen LogP contribution in [0.1, 0.15) is 0 Å². The van der Waals surface area contributed by atoms with Crippen molar-refractivity contribution in [1.29, 1.82) is 0 Å². The second-order valence-electron chi connectivity index (χ2n) is 3.56. The monoisotopic (exact) mass is 195 g/mol. The molecule has 74 valence electrons. The first-order chi connectivity index (χ1) is 6.83. The van der Waals surface area contributed by atoms with E-state index < -0.39 is 0 Å². The van der Waals surface area contributed by atoms with Crippen LogP contribution in [0.3, 0.4) is 0 Å². The molecular formula is C10H10FNO2. The standard InChI is InChI=1S/C10H10FNO2/c11-6-1-2-7-8(3-6)14-10-5-12-4-9(10)13-7/h1-3,9-10,12H,4-5H2. The lowest BCUT2D eigenvalue weighted by atomic mass is 10.2. The molecule has 0 spiro atoms. The van der Waals surface area contributed by atoms with Crippen LogP contribution in [0.25, 0.3) is 0 Å². The molecule has 2 aliphatic heterocycles. The molecule has 1 N–H and O–H groups in total. The Morgan fingerprint density at radius 2 is 1.86 bits per heavy atom. The highest BCUT2D eigenvalue weighted by Crippen LogP contribution is 2.35. The van der Waals surface area contributed by atoms with E-state index in [1.165, 1.54) is 12.1 Å². The van der Waals surface area contributed by atoms with Gasteiger partial charge in [0.25, 0.3) is 0 Å². The van der Waals surface area contributed by atoms with Crippen molar-refractivity contribution in [3.8, 4) is 11.5 Å². The van der Waals surface area contributed by atoms with Crippen LogP contribution in [0, 0.1) is 5.82 Å². The summed E-state index contributed by atoms with van der Waals surface area (Å²) in [6.45, 7) is 1.56. The van der Waals surface area contributed by atoms with Gasteiger partial charge in [-0.3, -0.25) is 0 Å². The molecule has 0 bridgehead atoms. The van der Waals surface area contributed by atoms with Crippen LogP contribution < -0.4 is 14.8 Å². The van der Waals surface area contributed by atoms with Crippen molar-refractivity contribution in [2.75, 3.05) is 13.1 Å². The number of hydrogen-bond donors (Lipinski definition) is 1. The van der Waals surface area contributed by atoms with Crippen molar-refractivity contribution in [1.82, 2.24) is 5.32 Å². The van der Waals surface area contributed by atoms with Gasteiger partial charge in [0.15, 0.2) is 11.5 Å². The molecule has 0 radical (unpaired) electrons. The van der Waals surface area contributed by atoms with Gasteiger partial charge in [-0.15, -0.1) is 0 Å². The Labute approximate surface area is 80.8 Å². The van der Waals surface area contributed by atoms with Gasteiger partial charge < -0.3 is 14.8 Å². The Morgan fingerprint density at radius 1 is 1.14 bits per heavy atom. The average molecular weight is 195 g/mol. The maximum Gasteiger partial charge on any atom is 0.164 e. The van der Waals surface area contributed by atoms with Crippen LogP contribution >= 0.6 is 0 Å². The van der Waals surface area contributed by atoms with Crippen LogP contribution in [-0.4, -0.2) is 25.3 Å². The van der Waals surface area contributed by atoms with Crippen LogP contribution in [0.2, 0.25) is 0 Å². The van der Waals surface area contributed by atoms with Gasteiger partial charge in [-0.1, -0.05) is 0 Å². The van der Waals surface area contributed by atoms with Gasteiger partial charge in [0.2, 0.25) is 0 Å². The van der Waals surface area contributed by atoms with Gasteiger partial charge in [0.05, 0.1) is 0 Å². The molecule has 3 rings (SSSR count). The van der Waals surface area contributed by atoms with Crippen molar-refractivity contribution < 1.29 is 13.9 Å². The minimum absolute atomic E-state index is 0.0179. The molecule has 0 aliphatic carbocycles. The Bertz CT molecular complexity index is 369. The third-order valence-corrected chi connectivity index (χ3v) is 2.57. The first kappa shape index (κ1) is 8.05. The van der Waals surface area contributed by atoms with E-state index in [0.717, 1.165) is 13.1 Å². The van der Waals surface area contributed by atoms with Gasteiger partial charge in [0, 0.05) is 19.2 Å². The molecule has 4 heteroatoms. The van der Waals surface area contributed by atoms with Gasteiger partial charge in [-0.05, 0) is 12.1 Å². The van der Waals surface area contributed by atoms with E-state index in [2.05, 4.69) is 5.32 Å². The first-order valence-electron chi connectivity index (χ1n) is 4.66. The highest BCUT2D eigenvalue weighted by Gasteiger charge is 2.35. The number of ether oxygens (including phenoxy) is 2. The van der Waals surface area contributed by atoms with E-state index >= 15 is 0 Å². The number of halogens is 1. The van der Waals surface area contributed by atoms with E-state index in [4.69, 9.17) is 9.47 Å². The molecule has 0 amide bonds. The summed E-state index contributed by atoms with van der Waals surface area (Å²) in [5.41, 5.74) is 0. The topological polar surface area (TPSA) is 30.5 Å². The van der Waals surface area contributed by atoms with E-state index in [1.807, 2.05) is 0 Å². The van der Waals surface area contributed by atoms with Crippen LogP contribution in [0.4, 0.5) is 4.39 Å². The zero-order valence-corrected chi connectivity index (χ0v) is 7.50. The van der Waals surface area contributed by atoms with E-state index in [0.29, 0.717) is 11.5 Å². The van der Waals surface area contributed by atoms with Gasteiger partial charge >= 0.3 is 0 Å². The Kier molecular flexibility index (Phi) is 1.64. The summed E-state index contributed by atoms with van der Waals surface area (Å²) < 4.78 is 24.2. The lowest BCUT2D eigenvalue weighted by Crippen LogP contribution is -2.38. The van der Waals surface area contributed by atoms with E-state index in [-0.39, 0.29) is 18.0 Å². The number of hydrogen-bond acceptors (Lipinski definition) is 3. The molecule has 3 nitrogen and oxygen atoms in total. The highest BCUT2D eigenvalue weighted by atomic mass is 19.1. The normalized spacial score (nSPS) is 28.6. The highest BCUT2D eigenvalue weighted by molar-refractivity contribution is 5.42. The fourth-order valence-corrected chi connectivity index (χ4v) is 1.86. The lowest BCUT2D eigenvalue weighted by Gasteiger charge is -2.28. The lowest BCUT2D eigenvalue weighted by molar-refractivity contribution is 0.0548. The van der Waals surface area contributed by atoms with E-state index in [9.17, 15) is 4.39 Å². The quantitative estimate of drug-likeness (QED) is 0.668. The fourth-order valence-electron chi connectivity index (χ4n) is 1.86. The van der Waals surface area contributed by atoms with Crippen molar-refractivity contribution in [2.45, 2.75) is 12.2 Å². The summed E-state index contributed by atoms with van der Waals surface area (Å²) >= 11 is 0. The van der Waals surface area contributed by atoms with Gasteiger partial charge in [-0.25, -0.2) is 4.39 Å². The molecule has 1 aromatic rings. The van der Waals surface area contributed by atoms with E-state index in [1.54, 1.807) is 6.07 Å². The maximum absolute atomic E-state index is 12.9. The third kappa shape index (κ3) is 1.14. The predicted molar refractivity (Wildman–Crippen MR) is 48.1 cm³/mol. The van der Waals surface area contributed by atoms with Crippen molar-refractivity contribution in [3.05, 3.63) is 24.0 Å². The first-order valence-corrected chi connectivity index (χ1v) is 4.66. The Hall–Kier alpha value is -1.29. The van der Waals surface area contributed by atoms with Gasteiger partial charge in [0.1, 0.15) is 18.0 Å². The molecule has 2 unspecified atom stereocenters. The van der Waals surface area contributed by atoms with Crippen molar-refractivity contribution in [3.63, 3.8) is 0 Å². The SMILES string of the molecule is Fc1ccc2c(c1)OC1CNCC1O2. The number of fused-ring (bicyclic) bond motifs is 2. The number of benzene rings is 1. The zero-order chi connectivity index (χ0) is 9.54. The average Bonchev–Trinajstić information content (AvgIpc) is 2.61. The molecule has 1 fully saturated rings. The van der Waals surface area contributed by atoms with Crippen LogP contribution in [0.15, 0.2) is 18.2 Å². The molecule has 1 aromatic carbocycles. The Morgan fingerprint density at radius 3 is 2.64 bits per heavy atom. The van der Waals surface area contributed by atoms with Crippen LogP contribution in [-0.2, 0) is 0 Å². The smallest absolute Gasteiger partial charge is 0.164 e. The minimum atomic E-state index is -0.295. The largest absolute Gasteiger partial charge is 0.481 e. The molecular weight excluding hydrogens is 185 g/mol. The van der Waals surface area contributed by atoms with Gasteiger partial charge in [-0.2, -0.15) is 0 Å². The molecule has 2 atom stereocenters. The predicted octanol–water partition coefficient (Wildman–Crippen LogP) is 0.937. The van der Waals surface area contributed by atoms with Crippen molar-refractivity contribution in [2.24, 2.45) is 0 Å². The fraction of sp³-hybridized carbons (Fsp3) is 0.400. The van der Waals surface area contributed by atoms with Crippen LogP contribution in [0.5, 0.6) is 11.5 Å². The minimum Gasteiger partial charge on any atom is -0.481 e.